The molecule has 2 rings (SSSR count). The standard InChI is InChI=1S/C18H19N3O3/c1-13-3-5-15(6-4-13)12-20-21-18(23)17(22)19-11-14-7-9-16(24-2)10-8-14/h3-10,12H,11H2,1-2H3,(H,19,22)(H,21,23)/b20-12+. The average molecular weight is 325 g/mol. The van der Waals surface area contributed by atoms with Crippen LogP contribution in [0.2, 0.25) is 0 Å². The Bertz CT molecular complexity index is 722. The molecule has 0 unspecified atom stereocenters. The number of methoxy groups -OCH3 is 1. The molecule has 2 N–H and O–H groups in total. The summed E-state index contributed by atoms with van der Waals surface area (Å²) >= 11 is 0. The second kappa shape index (κ2) is 8.47. The summed E-state index contributed by atoms with van der Waals surface area (Å²) in [7, 11) is 1.58. The molecule has 0 atom stereocenters. The van der Waals surface area contributed by atoms with Crippen LogP contribution in [0.3, 0.4) is 0 Å². The zero-order chi connectivity index (χ0) is 17.4. The number of aryl methyl sites for hydroxylation is 1. The van der Waals surface area contributed by atoms with Crippen LogP contribution in [0.1, 0.15) is 16.7 Å². The fraction of sp³-hybridized carbons (Fsp3) is 0.167. The van der Waals surface area contributed by atoms with Crippen molar-refractivity contribution in [1.29, 1.82) is 0 Å². The number of nitrogens with one attached hydrogen (secondary N) is 2. The first-order valence-corrected chi connectivity index (χ1v) is 7.39. The first-order valence-electron chi connectivity index (χ1n) is 7.39. The van der Waals surface area contributed by atoms with E-state index in [9.17, 15) is 9.59 Å². The van der Waals surface area contributed by atoms with Crippen LogP contribution in [-0.2, 0) is 16.1 Å². The predicted octanol–water partition coefficient (Wildman–Crippen LogP) is 1.77. The van der Waals surface area contributed by atoms with Crippen molar-refractivity contribution in [3.63, 3.8) is 0 Å². The summed E-state index contributed by atoms with van der Waals surface area (Å²) in [6.45, 7) is 2.23. The molecule has 0 aromatic heterocycles. The van der Waals surface area contributed by atoms with Gasteiger partial charge in [-0.3, -0.25) is 9.59 Å². The molecule has 0 spiro atoms. The number of amides is 2. The number of ether oxygens (including phenoxy) is 1. The van der Waals surface area contributed by atoms with Crippen molar-refractivity contribution in [2.45, 2.75) is 13.5 Å². The third-order valence-electron chi connectivity index (χ3n) is 3.28. The van der Waals surface area contributed by atoms with Gasteiger partial charge in [0.15, 0.2) is 0 Å². The third-order valence-corrected chi connectivity index (χ3v) is 3.28. The Labute approximate surface area is 140 Å². The second-order valence-corrected chi connectivity index (χ2v) is 5.14. The van der Waals surface area contributed by atoms with Crippen molar-refractivity contribution in [2.24, 2.45) is 5.10 Å². The molecule has 2 amide bonds. The number of hydrogen-bond acceptors (Lipinski definition) is 4. The van der Waals surface area contributed by atoms with Crippen LogP contribution in [-0.4, -0.2) is 25.1 Å². The Kier molecular flexibility index (Phi) is 6.08. The van der Waals surface area contributed by atoms with E-state index in [2.05, 4.69) is 15.8 Å². The Balaban J connectivity index is 1.79. The van der Waals surface area contributed by atoms with E-state index >= 15 is 0 Å². The second-order valence-electron chi connectivity index (χ2n) is 5.14. The van der Waals surface area contributed by atoms with Gasteiger partial charge in [-0.05, 0) is 30.2 Å². The fourth-order valence-electron chi connectivity index (χ4n) is 1.87. The van der Waals surface area contributed by atoms with Crippen LogP contribution in [0.4, 0.5) is 0 Å². The number of carbonyl (C=O) groups is 2. The zero-order valence-electron chi connectivity index (χ0n) is 13.6. The summed E-state index contributed by atoms with van der Waals surface area (Å²) < 4.78 is 5.05. The largest absolute Gasteiger partial charge is 0.497 e. The van der Waals surface area contributed by atoms with Crippen LogP contribution >= 0.6 is 0 Å². The Morgan fingerprint density at radius 3 is 2.33 bits per heavy atom. The normalized spacial score (nSPS) is 10.4. The maximum absolute atomic E-state index is 11.7. The van der Waals surface area contributed by atoms with Crippen molar-refractivity contribution < 1.29 is 14.3 Å². The number of nitrogens with zero attached hydrogens (tertiary/aromatic N) is 1. The Morgan fingerprint density at radius 2 is 1.71 bits per heavy atom. The molecule has 0 radical (unpaired) electrons. The summed E-state index contributed by atoms with van der Waals surface area (Å²) in [5.41, 5.74) is 5.03. The van der Waals surface area contributed by atoms with Crippen molar-refractivity contribution in [3.05, 3.63) is 65.2 Å². The maximum atomic E-state index is 11.7. The summed E-state index contributed by atoms with van der Waals surface area (Å²) in [5, 5.41) is 6.29. The van der Waals surface area contributed by atoms with Gasteiger partial charge in [0.25, 0.3) is 0 Å². The highest BCUT2D eigenvalue weighted by Gasteiger charge is 2.11. The summed E-state index contributed by atoms with van der Waals surface area (Å²) in [4.78, 5) is 23.4. The van der Waals surface area contributed by atoms with Gasteiger partial charge in [0.05, 0.1) is 13.3 Å². The molecule has 0 saturated heterocycles. The molecule has 2 aromatic rings. The minimum Gasteiger partial charge on any atom is -0.497 e. The SMILES string of the molecule is COc1ccc(CNC(=O)C(=O)N/N=C/c2ccc(C)cc2)cc1. The highest BCUT2D eigenvalue weighted by molar-refractivity contribution is 6.35. The molecule has 0 heterocycles. The van der Waals surface area contributed by atoms with Gasteiger partial charge in [-0.1, -0.05) is 42.0 Å². The van der Waals surface area contributed by atoms with E-state index in [1.54, 1.807) is 19.2 Å². The highest BCUT2D eigenvalue weighted by atomic mass is 16.5. The summed E-state index contributed by atoms with van der Waals surface area (Å²) in [6, 6.07) is 14.8. The number of carbonyl (C=O) groups excluding carboxylic acids is 2. The molecular weight excluding hydrogens is 306 g/mol. The quantitative estimate of drug-likeness (QED) is 0.499. The van der Waals surface area contributed by atoms with E-state index in [4.69, 9.17) is 4.74 Å². The van der Waals surface area contributed by atoms with Gasteiger partial charge >= 0.3 is 11.8 Å². The lowest BCUT2D eigenvalue weighted by Gasteiger charge is -2.05. The number of hydrazone groups is 1. The Morgan fingerprint density at radius 1 is 1.04 bits per heavy atom. The summed E-state index contributed by atoms with van der Waals surface area (Å²) in [6.07, 6.45) is 1.48. The average Bonchev–Trinajstić information content (AvgIpc) is 2.61. The molecule has 0 fully saturated rings. The van der Waals surface area contributed by atoms with E-state index in [0.717, 1.165) is 22.4 Å². The predicted molar refractivity (Wildman–Crippen MR) is 91.8 cm³/mol. The van der Waals surface area contributed by atoms with E-state index in [-0.39, 0.29) is 6.54 Å². The number of rotatable bonds is 5. The van der Waals surface area contributed by atoms with Gasteiger partial charge in [0.1, 0.15) is 5.75 Å². The molecule has 0 aliphatic carbocycles. The van der Waals surface area contributed by atoms with Crippen molar-refractivity contribution in [1.82, 2.24) is 10.7 Å². The van der Waals surface area contributed by atoms with Gasteiger partial charge in [0, 0.05) is 6.54 Å². The monoisotopic (exact) mass is 325 g/mol. The molecule has 24 heavy (non-hydrogen) atoms. The van der Waals surface area contributed by atoms with Crippen LogP contribution in [0.25, 0.3) is 0 Å². The molecule has 124 valence electrons. The van der Waals surface area contributed by atoms with E-state index in [1.165, 1.54) is 6.21 Å². The van der Waals surface area contributed by atoms with E-state index in [0.29, 0.717) is 0 Å². The van der Waals surface area contributed by atoms with E-state index < -0.39 is 11.8 Å². The van der Waals surface area contributed by atoms with Gasteiger partial charge < -0.3 is 10.1 Å². The zero-order valence-corrected chi connectivity index (χ0v) is 13.6. The molecule has 6 nitrogen and oxygen atoms in total. The van der Waals surface area contributed by atoms with Crippen LogP contribution in [0.5, 0.6) is 5.75 Å². The molecule has 0 aliphatic rings. The summed E-state index contributed by atoms with van der Waals surface area (Å²) in [5.74, 6) is -0.827. The smallest absolute Gasteiger partial charge is 0.329 e. The third kappa shape index (κ3) is 5.24. The lowest BCUT2D eigenvalue weighted by atomic mass is 10.2. The van der Waals surface area contributed by atoms with Crippen molar-refractivity contribution >= 4 is 18.0 Å². The van der Waals surface area contributed by atoms with Gasteiger partial charge in [-0.25, -0.2) is 5.43 Å². The molecule has 0 saturated carbocycles. The Hall–Kier alpha value is -3.15. The highest BCUT2D eigenvalue weighted by Crippen LogP contribution is 2.10. The van der Waals surface area contributed by atoms with Gasteiger partial charge in [-0.2, -0.15) is 5.10 Å². The lowest BCUT2D eigenvalue weighted by Crippen LogP contribution is -2.37. The number of hydrogen-bond donors (Lipinski definition) is 2. The molecule has 0 aliphatic heterocycles. The van der Waals surface area contributed by atoms with Gasteiger partial charge in [0.2, 0.25) is 0 Å². The molecule has 6 heteroatoms. The van der Waals surface area contributed by atoms with Gasteiger partial charge in [-0.15, -0.1) is 0 Å². The molecule has 2 aromatic carbocycles. The fourth-order valence-corrected chi connectivity index (χ4v) is 1.87. The number of benzene rings is 2. The van der Waals surface area contributed by atoms with Crippen LogP contribution in [0, 0.1) is 6.92 Å². The molecule has 0 bridgehead atoms. The first kappa shape index (κ1) is 17.2. The lowest BCUT2D eigenvalue weighted by molar-refractivity contribution is -0.139. The maximum Gasteiger partial charge on any atom is 0.329 e. The van der Waals surface area contributed by atoms with Crippen molar-refractivity contribution in [2.75, 3.05) is 7.11 Å². The minimum absolute atomic E-state index is 0.248. The molecular formula is C18H19N3O3. The van der Waals surface area contributed by atoms with Crippen LogP contribution < -0.4 is 15.5 Å². The topological polar surface area (TPSA) is 79.8 Å². The van der Waals surface area contributed by atoms with Crippen molar-refractivity contribution in [3.8, 4) is 5.75 Å². The van der Waals surface area contributed by atoms with E-state index in [1.807, 2.05) is 43.3 Å². The first-order chi connectivity index (χ1) is 11.6. The minimum atomic E-state index is -0.813. The van der Waals surface area contributed by atoms with Crippen LogP contribution in [0.15, 0.2) is 53.6 Å².